The van der Waals surface area contributed by atoms with Gasteiger partial charge in [0.1, 0.15) is 28.9 Å². The summed E-state index contributed by atoms with van der Waals surface area (Å²) >= 11 is 0. The molecule has 1 aromatic rings. The van der Waals surface area contributed by atoms with Crippen LogP contribution in [0.5, 0.6) is 0 Å². The first-order valence-corrected chi connectivity index (χ1v) is 11.1. The number of carbonyl (C=O) groups is 2. The van der Waals surface area contributed by atoms with E-state index in [4.69, 9.17) is 0 Å². The minimum atomic E-state index is -4.15. The van der Waals surface area contributed by atoms with Crippen LogP contribution in [0.1, 0.15) is 32.3 Å². The van der Waals surface area contributed by atoms with Crippen molar-refractivity contribution in [1.82, 2.24) is 19.4 Å². The number of hydrogen-bond acceptors (Lipinski definition) is 5. The highest BCUT2D eigenvalue weighted by atomic mass is 32.2. The molecule has 0 bridgehead atoms. The second-order valence-corrected chi connectivity index (χ2v) is 9.72. The Bertz CT molecular complexity index is 1140. The van der Waals surface area contributed by atoms with Crippen LogP contribution in [0.4, 0.5) is 9.18 Å². The van der Waals surface area contributed by atoms with Gasteiger partial charge in [-0.2, -0.15) is 19.4 Å². The number of sulfonamides is 1. The highest BCUT2D eigenvalue weighted by Gasteiger charge is 2.50. The quantitative estimate of drug-likeness (QED) is 0.675. The number of imide groups is 1. The van der Waals surface area contributed by atoms with Gasteiger partial charge in [0.05, 0.1) is 12.7 Å². The fourth-order valence-electron chi connectivity index (χ4n) is 3.66. The first-order chi connectivity index (χ1) is 14.0. The van der Waals surface area contributed by atoms with Crippen molar-refractivity contribution in [1.29, 1.82) is 0 Å². The lowest BCUT2D eigenvalue weighted by atomic mass is 9.94. The standard InChI is InChI=1S/C19H23FN5O4S/c1-4-24-15-8-14(20)16(30(28,29)22-19(2)5-6-19)7-13(15)17(26)25(18(24)27)11-12-9-21-23(3)10-12/h7-10,13,22H,4-6,11H2,1-3H3/q+1. The molecule has 2 aliphatic carbocycles. The van der Waals surface area contributed by atoms with Gasteiger partial charge in [-0.1, -0.05) is 0 Å². The molecule has 160 valence electrons. The Balaban J connectivity index is 1.73. The van der Waals surface area contributed by atoms with Gasteiger partial charge >= 0.3 is 11.9 Å². The first kappa shape index (κ1) is 20.6. The number of carbonyl (C=O) groups excluding carboxylic acids is 2. The van der Waals surface area contributed by atoms with Gasteiger partial charge in [-0.25, -0.2) is 22.3 Å². The third-order valence-corrected chi connectivity index (χ3v) is 7.21. The molecule has 1 unspecified atom stereocenters. The number of aryl methyl sites for hydroxylation is 1. The fraction of sp³-hybridized carbons (Fsp3) is 0.474. The van der Waals surface area contributed by atoms with Gasteiger partial charge in [0, 0.05) is 30.4 Å². The molecule has 0 saturated heterocycles. The average molecular weight is 436 g/mol. The highest BCUT2D eigenvalue weighted by Crippen LogP contribution is 2.38. The van der Waals surface area contributed by atoms with Crippen LogP contribution in [0, 0.1) is 5.92 Å². The predicted octanol–water partition coefficient (Wildman–Crippen LogP) is 1.19. The summed E-state index contributed by atoms with van der Waals surface area (Å²) in [5.74, 6) is -2.66. The molecule has 30 heavy (non-hydrogen) atoms. The number of allylic oxidation sites excluding steroid dienone is 2. The summed E-state index contributed by atoms with van der Waals surface area (Å²) in [5.41, 5.74) is 0.207. The van der Waals surface area contributed by atoms with E-state index in [1.807, 2.05) is 0 Å². The number of urea groups is 1. The van der Waals surface area contributed by atoms with E-state index in [2.05, 4.69) is 9.82 Å². The normalized spacial score (nSPS) is 23.3. The molecule has 1 N–H and O–H groups in total. The minimum Gasteiger partial charge on any atom is -0.275 e. The molecule has 1 saturated carbocycles. The second kappa shape index (κ2) is 6.95. The summed E-state index contributed by atoms with van der Waals surface area (Å²) in [5, 5.41) is 4.04. The number of fused-ring (bicyclic) bond motifs is 1. The van der Waals surface area contributed by atoms with Crippen molar-refractivity contribution in [2.45, 2.75) is 38.8 Å². The van der Waals surface area contributed by atoms with E-state index >= 15 is 0 Å². The van der Waals surface area contributed by atoms with Gasteiger partial charge < -0.3 is 0 Å². The Morgan fingerprint density at radius 3 is 2.63 bits per heavy atom. The molecule has 1 aliphatic heterocycles. The van der Waals surface area contributed by atoms with Gasteiger partial charge in [-0.3, -0.25) is 4.68 Å². The summed E-state index contributed by atoms with van der Waals surface area (Å²) in [7, 11) is -2.43. The van der Waals surface area contributed by atoms with Crippen LogP contribution in [0.25, 0.3) is 0 Å². The smallest absolute Gasteiger partial charge is 0.275 e. The summed E-state index contributed by atoms with van der Waals surface area (Å²) in [4.78, 5) is 26.5. The van der Waals surface area contributed by atoms with Crippen molar-refractivity contribution in [3.63, 3.8) is 0 Å². The number of nitrogens with one attached hydrogen (secondary N) is 1. The molecular weight excluding hydrogens is 413 g/mol. The monoisotopic (exact) mass is 436 g/mol. The molecule has 3 amide bonds. The average Bonchev–Trinajstić information content (AvgIpc) is 3.23. The van der Waals surface area contributed by atoms with E-state index in [0.717, 1.165) is 17.1 Å². The van der Waals surface area contributed by atoms with Crippen molar-refractivity contribution in [2.75, 3.05) is 6.54 Å². The molecule has 0 aromatic carbocycles. The molecule has 1 fully saturated rings. The number of amides is 3. The van der Waals surface area contributed by atoms with Crippen molar-refractivity contribution in [2.24, 2.45) is 13.0 Å². The third kappa shape index (κ3) is 3.52. The van der Waals surface area contributed by atoms with Crippen LogP contribution < -0.4 is 4.72 Å². The van der Waals surface area contributed by atoms with Crippen LogP contribution in [0.15, 0.2) is 35.3 Å². The van der Waals surface area contributed by atoms with E-state index in [9.17, 15) is 22.4 Å². The predicted molar refractivity (Wildman–Crippen MR) is 105 cm³/mol. The van der Waals surface area contributed by atoms with Crippen LogP contribution >= 0.6 is 0 Å². The Labute approximate surface area is 173 Å². The molecule has 11 heteroatoms. The van der Waals surface area contributed by atoms with Crippen molar-refractivity contribution in [3.05, 3.63) is 40.8 Å². The maximum Gasteiger partial charge on any atom is 0.501 e. The molecule has 2 heterocycles. The van der Waals surface area contributed by atoms with Crippen LogP contribution in [0.2, 0.25) is 0 Å². The summed E-state index contributed by atoms with van der Waals surface area (Å²) in [6, 6.07) is -0.579. The van der Waals surface area contributed by atoms with Gasteiger partial charge in [0.15, 0.2) is 0 Å². The Kier molecular flexibility index (Phi) is 4.77. The fourth-order valence-corrected chi connectivity index (χ4v) is 5.25. The van der Waals surface area contributed by atoms with Crippen molar-refractivity contribution in [3.8, 4) is 0 Å². The number of aromatic nitrogens is 2. The second-order valence-electron chi connectivity index (χ2n) is 8.07. The molecule has 1 aromatic heterocycles. The number of rotatable bonds is 6. The summed E-state index contributed by atoms with van der Waals surface area (Å²) < 4.78 is 45.6. The van der Waals surface area contributed by atoms with Crippen LogP contribution in [0.3, 0.4) is 0 Å². The Hall–Kier alpha value is -2.66. The summed E-state index contributed by atoms with van der Waals surface area (Å²) in [6.45, 7) is 3.64. The zero-order valence-corrected chi connectivity index (χ0v) is 17.7. The highest BCUT2D eigenvalue weighted by molar-refractivity contribution is 7.93. The van der Waals surface area contributed by atoms with E-state index in [1.165, 1.54) is 4.58 Å². The largest absolute Gasteiger partial charge is 0.501 e. The van der Waals surface area contributed by atoms with Crippen LogP contribution in [-0.2, 0) is 28.4 Å². The number of nitrogens with zero attached hydrogens (tertiary/aromatic N) is 4. The van der Waals surface area contributed by atoms with Crippen molar-refractivity contribution < 1.29 is 27.0 Å². The molecule has 1 atom stereocenters. The molecular formula is C19H23FN5O4S+. The maximum atomic E-state index is 14.8. The molecule has 0 radical (unpaired) electrons. The van der Waals surface area contributed by atoms with Crippen LogP contribution in [-0.4, -0.2) is 57.4 Å². The Morgan fingerprint density at radius 2 is 2.07 bits per heavy atom. The molecule has 0 spiro atoms. The van der Waals surface area contributed by atoms with E-state index in [0.29, 0.717) is 18.4 Å². The third-order valence-electron chi connectivity index (χ3n) is 5.54. The van der Waals surface area contributed by atoms with Gasteiger partial charge in [-0.15, -0.1) is 0 Å². The topological polar surface area (TPSA) is 104 Å². The number of halogens is 1. The van der Waals surface area contributed by atoms with E-state index in [1.54, 1.807) is 38.0 Å². The Morgan fingerprint density at radius 1 is 1.37 bits per heavy atom. The first-order valence-electron chi connectivity index (χ1n) is 9.65. The lowest BCUT2D eigenvalue weighted by molar-refractivity contribution is -0.436. The maximum absolute atomic E-state index is 14.8. The molecule has 9 nitrogen and oxygen atoms in total. The van der Waals surface area contributed by atoms with Gasteiger partial charge in [0.25, 0.3) is 0 Å². The lowest BCUT2D eigenvalue weighted by Crippen LogP contribution is -2.54. The van der Waals surface area contributed by atoms with Crippen molar-refractivity contribution >= 4 is 27.7 Å². The summed E-state index contributed by atoms with van der Waals surface area (Å²) in [6.07, 6.45) is 6.65. The SMILES string of the molecule is CC[N+]1=C2C=C(F)C(S(=O)(=O)NC3(C)CC3)=CC2C(=O)N(Cc2cnn(C)c2)C1=O. The number of hydrogen-bond donors (Lipinski definition) is 1. The van der Waals surface area contributed by atoms with E-state index in [-0.39, 0.29) is 18.8 Å². The van der Waals surface area contributed by atoms with Gasteiger partial charge in [0.2, 0.25) is 10.0 Å². The molecule has 3 aliphatic rings. The van der Waals surface area contributed by atoms with E-state index < -0.39 is 44.2 Å². The zero-order valence-electron chi connectivity index (χ0n) is 16.9. The minimum absolute atomic E-state index is 0.00969. The van der Waals surface area contributed by atoms with Gasteiger partial charge in [-0.05, 0) is 32.8 Å². The molecule has 4 rings (SSSR count). The lowest BCUT2D eigenvalue weighted by Gasteiger charge is -2.28. The zero-order chi connectivity index (χ0) is 21.8.